The van der Waals surface area contributed by atoms with Gasteiger partial charge < -0.3 is 5.32 Å². The van der Waals surface area contributed by atoms with Gasteiger partial charge in [0, 0.05) is 34.4 Å². The highest BCUT2D eigenvalue weighted by Gasteiger charge is 2.23. The van der Waals surface area contributed by atoms with Gasteiger partial charge in [0.1, 0.15) is 11.5 Å². The van der Waals surface area contributed by atoms with Crippen LogP contribution in [-0.4, -0.2) is 19.9 Å². The lowest BCUT2D eigenvalue weighted by Gasteiger charge is -2.27. The molecule has 0 saturated heterocycles. The number of hydrogen-bond donors (Lipinski definition) is 1. The third kappa shape index (κ3) is 4.33. The van der Waals surface area contributed by atoms with Gasteiger partial charge in [0.2, 0.25) is 0 Å². The number of benzene rings is 1. The second-order valence-electron chi connectivity index (χ2n) is 7.69. The molecule has 0 atom stereocenters. The van der Waals surface area contributed by atoms with Crippen LogP contribution >= 0.6 is 11.3 Å². The van der Waals surface area contributed by atoms with Gasteiger partial charge in [0.15, 0.2) is 5.65 Å². The maximum absolute atomic E-state index is 4.86. The van der Waals surface area contributed by atoms with Gasteiger partial charge in [-0.2, -0.15) is 0 Å². The predicted octanol–water partition coefficient (Wildman–Crippen LogP) is 5.85. The lowest BCUT2D eigenvalue weighted by Crippen LogP contribution is -2.31. The highest BCUT2D eigenvalue weighted by molar-refractivity contribution is 7.13. The zero-order valence-electron chi connectivity index (χ0n) is 16.9. The largest absolute Gasteiger partial charge is 0.364 e. The first-order chi connectivity index (χ1) is 14.1. The van der Waals surface area contributed by atoms with E-state index < -0.39 is 0 Å². The predicted molar refractivity (Wildman–Crippen MR) is 121 cm³/mol. The van der Waals surface area contributed by atoms with Crippen molar-refractivity contribution < 1.29 is 0 Å². The Morgan fingerprint density at radius 3 is 2.72 bits per heavy atom. The van der Waals surface area contributed by atoms with Crippen molar-refractivity contribution in [2.24, 2.45) is 0 Å². The summed E-state index contributed by atoms with van der Waals surface area (Å²) in [6.07, 6.45) is 7.74. The molecule has 0 unspecified atom stereocenters. The van der Waals surface area contributed by atoms with Crippen molar-refractivity contribution in [1.82, 2.24) is 14.4 Å². The van der Waals surface area contributed by atoms with Crippen molar-refractivity contribution in [2.75, 3.05) is 5.32 Å². The normalized spacial score (nSPS) is 11.3. The average molecular weight is 401 g/mol. The summed E-state index contributed by atoms with van der Waals surface area (Å²) in [6, 6.07) is 12.2. The quantitative estimate of drug-likeness (QED) is 0.427. The third-order valence-electron chi connectivity index (χ3n) is 4.72. The van der Waals surface area contributed by atoms with E-state index >= 15 is 0 Å². The maximum Gasteiger partial charge on any atom is 0.157 e. The average Bonchev–Trinajstić information content (AvgIpc) is 3.32. The van der Waals surface area contributed by atoms with Gasteiger partial charge >= 0.3 is 0 Å². The molecule has 146 valence electrons. The first kappa shape index (κ1) is 19.2. The number of imidazole rings is 1. The SMILES string of the molecule is CCCC(C)(C)Nc1c(-c2cc(C#Cc3ccccc3)cs2)nc2cnccn12. The molecule has 1 N–H and O–H groups in total. The number of fused-ring (bicyclic) bond motifs is 1. The number of rotatable bonds is 5. The van der Waals surface area contributed by atoms with E-state index in [1.807, 2.05) is 36.5 Å². The molecule has 0 saturated carbocycles. The summed E-state index contributed by atoms with van der Waals surface area (Å²) in [5.41, 5.74) is 3.77. The van der Waals surface area contributed by atoms with Gasteiger partial charge in [-0.1, -0.05) is 43.4 Å². The van der Waals surface area contributed by atoms with Crippen LogP contribution in [0.25, 0.3) is 16.2 Å². The highest BCUT2D eigenvalue weighted by atomic mass is 32.1. The van der Waals surface area contributed by atoms with E-state index in [4.69, 9.17) is 4.98 Å². The lowest BCUT2D eigenvalue weighted by molar-refractivity contribution is 0.509. The molecule has 0 aliphatic carbocycles. The van der Waals surface area contributed by atoms with Crippen LogP contribution in [0.5, 0.6) is 0 Å². The summed E-state index contributed by atoms with van der Waals surface area (Å²) in [5.74, 6) is 7.50. The molecule has 0 fully saturated rings. The minimum atomic E-state index is -0.0318. The Morgan fingerprint density at radius 2 is 1.93 bits per heavy atom. The van der Waals surface area contributed by atoms with E-state index in [-0.39, 0.29) is 5.54 Å². The monoisotopic (exact) mass is 400 g/mol. The lowest BCUT2D eigenvalue weighted by atomic mass is 9.99. The smallest absolute Gasteiger partial charge is 0.157 e. The number of nitrogens with zero attached hydrogens (tertiary/aromatic N) is 3. The fourth-order valence-electron chi connectivity index (χ4n) is 3.40. The molecule has 5 heteroatoms. The van der Waals surface area contributed by atoms with E-state index in [2.05, 4.69) is 58.8 Å². The summed E-state index contributed by atoms with van der Waals surface area (Å²) in [7, 11) is 0. The Kier molecular flexibility index (Phi) is 5.37. The molecular weight excluding hydrogens is 376 g/mol. The molecule has 0 bridgehead atoms. The van der Waals surface area contributed by atoms with Crippen molar-refractivity contribution in [3.05, 3.63) is 71.5 Å². The second kappa shape index (κ2) is 8.10. The summed E-state index contributed by atoms with van der Waals surface area (Å²) in [6.45, 7) is 6.66. The molecule has 3 heterocycles. The van der Waals surface area contributed by atoms with Crippen LogP contribution in [-0.2, 0) is 0 Å². The first-order valence-electron chi connectivity index (χ1n) is 9.82. The Labute approximate surface area is 175 Å². The van der Waals surface area contributed by atoms with Crippen LogP contribution in [0, 0.1) is 11.8 Å². The van der Waals surface area contributed by atoms with E-state index in [0.717, 1.165) is 46.0 Å². The maximum atomic E-state index is 4.86. The van der Waals surface area contributed by atoms with Gasteiger partial charge in [-0.25, -0.2) is 4.98 Å². The van der Waals surface area contributed by atoms with Crippen molar-refractivity contribution in [1.29, 1.82) is 0 Å². The molecule has 0 amide bonds. The topological polar surface area (TPSA) is 42.2 Å². The standard InChI is InChI=1S/C24H24N4S/c1-4-12-24(2,3)27-23-22(26-21-16-25-13-14-28(21)23)20-15-19(17-29-20)11-10-18-8-6-5-7-9-18/h5-9,13-17,27H,4,12H2,1-3H3. The Bertz CT molecular complexity index is 1180. The van der Waals surface area contributed by atoms with Crippen LogP contribution < -0.4 is 5.32 Å². The second-order valence-corrected chi connectivity index (χ2v) is 8.60. The van der Waals surface area contributed by atoms with Gasteiger partial charge in [-0.3, -0.25) is 9.38 Å². The van der Waals surface area contributed by atoms with Crippen molar-refractivity contribution in [2.45, 2.75) is 39.2 Å². The van der Waals surface area contributed by atoms with Crippen molar-refractivity contribution >= 4 is 22.8 Å². The van der Waals surface area contributed by atoms with E-state index in [9.17, 15) is 0 Å². The Balaban J connectivity index is 1.72. The van der Waals surface area contributed by atoms with Crippen LogP contribution in [0.4, 0.5) is 5.82 Å². The summed E-state index contributed by atoms with van der Waals surface area (Å²) >= 11 is 1.67. The zero-order valence-corrected chi connectivity index (χ0v) is 17.8. The molecule has 0 aliphatic rings. The van der Waals surface area contributed by atoms with E-state index in [1.165, 1.54) is 0 Å². The molecule has 3 aromatic heterocycles. The number of anilines is 1. The van der Waals surface area contributed by atoms with Crippen LogP contribution in [0.15, 0.2) is 60.4 Å². The van der Waals surface area contributed by atoms with E-state index in [1.54, 1.807) is 23.7 Å². The Morgan fingerprint density at radius 1 is 1.14 bits per heavy atom. The molecule has 4 rings (SSSR count). The molecule has 0 aliphatic heterocycles. The molecule has 4 nitrogen and oxygen atoms in total. The number of aromatic nitrogens is 3. The Hall–Kier alpha value is -3.10. The summed E-state index contributed by atoms with van der Waals surface area (Å²) in [4.78, 5) is 10.2. The fraction of sp³-hybridized carbons (Fsp3) is 0.250. The minimum absolute atomic E-state index is 0.0318. The van der Waals surface area contributed by atoms with Crippen molar-refractivity contribution in [3.8, 4) is 22.4 Å². The van der Waals surface area contributed by atoms with Crippen LogP contribution in [0.3, 0.4) is 0 Å². The number of nitrogens with one attached hydrogen (secondary N) is 1. The molecule has 29 heavy (non-hydrogen) atoms. The molecule has 1 aromatic carbocycles. The summed E-state index contributed by atoms with van der Waals surface area (Å²) in [5, 5.41) is 5.81. The van der Waals surface area contributed by atoms with Crippen LogP contribution in [0.2, 0.25) is 0 Å². The molecule has 4 aromatic rings. The van der Waals surface area contributed by atoms with Crippen LogP contribution in [0.1, 0.15) is 44.7 Å². The zero-order chi connectivity index (χ0) is 20.3. The summed E-state index contributed by atoms with van der Waals surface area (Å²) < 4.78 is 2.08. The molecule has 0 spiro atoms. The highest BCUT2D eigenvalue weighted by Crippen LogP contribution is 2.35. The van der Waals surface area contributed by atoms with Gasteiger partial charge in [0.25, 0.3) is 0 Å². The number of thiophene rings is 1. The minimum Gasteiger partial charge on any atom is -0.364 e. The molecule has 0 radical (unpaired) electrons. The van der Waals surface area contributed by atoms with E-state index in [0.29, 0.717) is 0 Å². The van der Waals surface area contributed by atoms with Crippen molar-refractivity contribution in [3.63, 3.8) is 0 Å². The van der Waals surface area contributed by atoms with Gasteiger partial charge in [-0.05, 0) is 38.5 Å². The van der Waals surface area contributed by atoms with Gasteiger partial charge in [0.05, 0.1) is 11.1 Å². The fourth-order valence-corrected chi connectivity index (χ4v) is 4.23. The van der Waals surface area contributed by atoms with Gasteiger partial charge in [-0.15, -0.1) is 11.3 Å². The first-order valence-corrected chi connectivity index (χ1v) is 10.7. The number of hydrogen-bond acceptors (Lipinski definition) is 4. The molecular formula is C24H24N4S. The third-order valence-corrected chi connectivity index (χ3v) is 5.66.